The first-order valence-corrected chi connectivity index (χ1v) is 7.92. The Hall–Kier alpha value is -0.460. The molecule has 0 spiro atoms. The van der Waals surface area contributed by atoms with Crippen molar-refractivity contribution in [2.75, 3.05) is 26.2 Å². The fourth-order valence-corrected chi connectivity index (χ4v) is 2.98. The maximum Gasteiger partial charge on any atom is 0.236 e. The van der Waals surface area contributed by atoms with Crippen LogP contribution in [0.3, 0.4) is 0 Å². The average molecular weight is 332 g/mol. The van der Waals surface area contributed by atoms with Gasteiger partial charge in [-0.1, -0.05) is 15.9 Å². The van der Waals surface area contributed by atoms with E-state index in [2.05, 4.69) is 31.2 Å². The second kappa shape index (κ2) is 6.12. The van der Waals surface area contributed by atoms with Gasteiger partial charge < -0.3 is 4.90 Å². The summed E-state index contributed by atoms with van der Waals surface area (Å²) in [5.41, 5.74) is 1.14. The smallest absolute Gasteiger partial charge is 0.236 e. The van der Waals surface area contributed by atoms with Crippen molar-refractivity contribution in [2.45, 2.75) is 25.2 Å². The van der Waals surface area contributed by atoms with Crippen molar-refractivity contribution in [2.24, 2.45) is 0 Å². The van der Waals surface area contributed by atoms with Gasteiger partial charge in [-0.3, -0.25) is 9.69 Å². The van der Waals surface area contributed by atoms with E-state index in [0.29, 0.717) is 0 Å². The summed E-state index contributed by atoms with van der Waals surface area (Å²) in [4.78, 5) is 20.5. The van der Waals surface area contributed by atoms with Crippen LogP contribution < -0.4 is 0 Å². The molecule has 6 heteroatoms. The quantitative estimate of drug-likeness (QED) is 0.793. The number of aryl methyl sites for hydroxylation is 1. The molecular weight excluding hydrogens is 314 g/mol. The molecule has 18 heavy (non-hydrogen) atoms. The molecule has 2 rings (SSSR count). The molecule has 1 aliphatic heterocycles. The van der Waals surface area contributed by atoms with Crippen LogP contribution in [0.4, 0.5) is 0 Å². The Bertz CT molecular complexity index is 413. The topological polar surface area (TPSA) is 36.4 Å². The predicted molar refractivity (Wildman–Crippen MR) is 77.1 cm³/mol. The number of carbonyl (C=O) groups excluding carboxylic acids is 1. The van der Waals surface area contributed by atoms with Crippen LogP contribution >= 0.6 is 27.3 Å². The molecule has 0 bridgehead atoms. The molecule has 0 radical (unpaired) electrons. The van der Waals surface area contributed by atoms with Crippen LogP contribution in [0.15, 0.2) is 5.38 Å². The van der Waals surface area contributed by atoms with Crippen molar-refractivity contribution < 1.29 is 4.79 Å². The Kier molecular flexibility index (Phi) is 4.75. The number of hydrogen-bond acceptors (Lipinski definition) is 4. The van der Waals surface area contributed by atoms with Gasteiger partial charge in [-0.05, 0) is 13.8 Å². The van der Waals surface area contributed by atoms with Crippen LogP contribution in [0.1, 0.15) is 17.6 Å². The third kappa shape index (κ3) is 3.52. The van der Waals surface area contributed by atoms with E-state index in [-0.39, 0.29) is 10.7 Å². The number of halogens is 1. The normalized spacial score (nSPS) is 18.9. The van der Waals surface area contributed by atoms with Gasteiger partial charge in [0.2, 0.25) is 5.91 Å². The fraction of sp³-hybridized carbons (Fsp3) is 0.667. The predicted octanol–water partition coefficient (Wildman–Crippen LogP) is 1.88. The number of nitrogens with zero attached hydrogens (tertiary/aromatic N) is 3. The second-order valence-corrected chi connectivity index (χ2v) is 7.01. The highest BCUT2D eigenvalue weighted by molar-refractivity contribution is 9.10. The molecule has 0 aromatic carbocycles. The van der Waals surface area contributed by atoms with E-state index in [0.717, 1.165) is 43.4 Å². The standard InChI is InChI=1S/C12H18BrN3OS/c1-9(13)12(17)16-5-3-15(4-6-16)7-11-8-18-10(2)14-11/h8-9H,3-7H2,1-2H3. The number of rotatable bonds is 3. The first-order chi connectivity index (χ1) is 8.56. The summed E-state index contributed by atoms with van der Waals surface area (Å²) >= 11 is 5.03. The van der Waals surface area contributed by atoms with Crippen LogP contribution in [-0.2, 0) is 11.3 Å². The molecule has 1 atom stereocenters. The molecule has 1 amide bonds. The van der Waals surface area contributed by atoms with Gasteiger partial charge in [0, 0.05) is 38.1 Å². The Balaban J connectivity index is 1.82. The lowest BCUT2D eigenvalue weighted by molar-refractivity contribution is -0.131. The van der Waals surface area contributed by atoms with E-state index in [4.69, 9.17) is 0 Å². The van der Waals surface area contributed by atoms with Crippen molar-refractivity contribution in [3.8, 4) is 0 Å². The van der Waals surface area contributed by atoms with Crippen LogP contribution in [0.5, 0.6) is 0 Å². The first-order valence-electron chi connectivity index (χ1n) is 6.12. The molecule has 100 valence electrons. The molecule has 1 saturated heterocycles. The Morgan fingerprint density at radius 2 is 2.17 bits per heavy atom. The molecule has 0 saturated carbocycles. The highest BCUT2D eigenvalue weighted by Gasteiger charge is 2.23. The minimum Gasteiger partial charge on any atom is -0.339 e. The number of hydrogen-bond donors (Lipinski definition) is 0. The van der Waals surface area contributed by atoms with Gasteiger partial charge in [-0.15, -0.1) is 11.3 Å². The van der Waals surface area contributed by atoms with Crippen LogP contribution in [0.2, 0.25) is 0 Å². The van der Waals surface area contributed by atoms with Gasteiger partial charge in [-0.25, -0.2) is 4.98 Å². The monoisotopic (exact) mass is 331 g/mol. The molecule has 0 N–H and O–H groups in total. The van der Waals surface area contributed by atoms with Crippen molar-refractivity contribution in [1.82, 2.24) is 14.8 Å². The minimum absolute atomic E-state index is 0.0785. The number of thiazole rings is 1. The van der Waals surface area contributed by atoms with Gasteiger partial charge >= 0.3 is 0 Å². The molecule has 1 aromatic rings. The summed E-state index contributed by atoms with van der Waals surface area (Å²) in [5.74, 6) is 0.194. The summed E-state index contributed by atoms with van der Waals surface area (Å²) in [5, 5.41) is 3.24. The molecule has 1 fully saturated rings. The van der Waals surface area contributed by atoms with Crippen molar-refractivity contribution in [1.29, 1.82) is 0 Å². The third-order valence-electron chi connectivity index (χ3n) is 3.08. The van der Waals surface area contributed by atoms with E-state index >= 15 is 0 Å². The zero-order valence-electron chi connectivity index (χ0n) is 10.7. The number of alkyl halides is 1. The summed E-state index contributed by atoms with van der Waals surface area (Å²) in [6, 6.07) is 0. The van der Waals surface area contributed by atoms with Crippen molar-refractivity contribution in [3.05, 3.63) is 16.1 Å². The van der Waals surface area contributed by atoms with Gasteiger partial charge in [0.1, 0.15) is 0 Å². The Morgan fingerprint density at radius 1 is 1.50 bits per heavy atom. The fourth-order valence-electron chi connectivity index (χ4n) is 2.09. The van der Waals surface area contributed by atoms with Crippen molar-refractivity contribution in [3.63, 3.8) is 0 Å². The van der Waals surface area contributed by atoms with Crippen molar-refractivity contribution >= 4 is 33.2 Å². The number of amides is 1. The van der Waals surface area contributed by atoms with Crippen LogP contribution in [0, 0.1) is 6.92 Å². The van der Waals surface area contributed by atoms with Gasteiger partial charge in [0.05, 0.1) is 15.5 Å². The summed E-state index contributed by atoms with van der Waals surface area (Å²) < 4.78 is 0. The molecule has 2 heterocycles. The van der Waals surface area contributed by atoms with Crippen LogP contribution in [-0.4, -0.2) is 51.7 Å². The first kappa shape index (κ1) is 14.0. The van der Waals surface area contributed by atoms with E-state index in [1.165, 1.54) is 0 Å². The SMILES string of the molecule is Cc1nc(CN2CCN(C(=O)C(C)Br)CC2)cs1. The largest absolute Gasteiger partial charge is 0.339 e. The lowest BCUT2D eigenvalue weighted by Crippen LogP contribution is -2.49. The average Bonchev–Trinajstić information content (AvgIpc) is 2.75. The van der Waals surface area contributed by atoms with Gasteiger partial charge in [0.15, 0.2) is 0 Å². The van der Waals surface area contributed by atoms with Crippen LogP contribution in [0.25, 0.3) is 0 Å². The summed E-state index contributed by atoms with van der Waals surface area (Å²) in [6.07, 6.45) is 0. The number of aromatic nitrogens is 1. The molecule has 1 aliphatic rings. The number of piperazine rings is 1. The Morgan fingerprint density at radius 3 is 2.67 bits per heavy atom. The van der Waals surface area contributed by atoms with Gasteiger partial charge in [-0.2, -0.15) is 0 Å². The van der Waals surface area contributed by atoms with E-state index in [1.807, 2.05) is 18.7 Å². The van der Waals surface area contributed by atoms with E-state index in [9.17, 15) is 4.79 Å². The van der Waals surface area contributed by atoms with E-state index < -0.39 is 0 Å². The zero-order valence-corrected chi connectivity index (χ0v) is 13.1. The molecular formula is C12H18BrN3OS. The third-order valence-corrected chi connectivity index (χ3v) is 4.29. The maximum absolute atomic E-state index is 11.8. The summed E-state index contributed by atoms with van der Waals surface area (Å²) in [6.45, 7) is 8.31. The zero-order chi connectivity index (χ0) is 13.1. The molecule has 4 nitrogen and oxygen atoms in total. The lowest BCUT2D eigenvalue weighted by atomic mass is 10.2. The molecule has 1 unspecified atom stereocenters. The lowest BCUT2D eigenvalue weighted by Gasteiger charge is -2.35. The molecule has 1 aromatic heterocycles. The highest BCUT2D eigenvalue weighted by atomic mass is 79.9. The van der Waals surface area contributed by atoms with Gasteiger partial charge in [0.25, 0.3) is 0 Å². The summed E-state index contributed by atoms with van der Waals surface area (Å²) in [7, 11) is 0. The number of carbonyl (C=O) groups is 1. The minimum atomic E-state index is -0.0785. The van der Waals surface area contributed by atoms with E-state index in [1.54, 1.807) is 11.3 Å². The second-order valence-electron chi connectivity index (χ2n) is 4.58. The maximum atomic E-state index is 11.8. The highest BCUT2D eigenvalue weighted by Crippen LogP contribution is 2.13. The molecule has 0 aliphatic carbocycles. The Labute approximate surface area is 120 Å².